The van der Waals surface area contributed by atoms with E-state index in [1.54, 1.807) is 20.8 Å². The van der Waals surface area contributed by atoms with Gasteiger partial charge in [0.05, 0.1) is 5.56 Å². The van der Waals surface area contributed by atoms with Crippen LogP contribution in [-0.2, 0) is 22.9 Å². The molecule has 0 fully saturated rings. The number of rotatable bonds is 3. The van der Waals surface area contributed by atoms with E-state index in [0.29, 0.717) is 5.56 Å². The van der Waals surface area contributed by atoms with Gasteiger partial charge in [-0.1, -0.05) is 20.8 Å². The van der Waals surface area contributed by atoms with Crippen LogP contribution in [0.15, 0.2) is 12.1 Å². The summed E-state index contributed by atoms with van der Waals surface area (Å²) in [7, 11) is 0. The highest BCUT2D eigenvalue weighted by molar-refractivity contribution is 6.27. The first-order valence-corrected chi connectivity index (χ1v) is 6.76. The van der Waals surface area contributed by atoms with Gasteiger partial charge < -0.3 is 10.4 Å². The van der Waals surface area contributed by atoms with Crippen molar-refractivity contribution in [2.24, 2.45) is 0 Å². The summed E-state index contributed by atoms with van der Waals surface area (Å²) in [6.45, 7) is 5.08. The van der Waals surface area contributed by atoms with Gasteiger partial charge in [-0.05, 0) is 23.1 Å². The summed E-state index contributed by atoms with van der Waals surface area (Å²) < 4.78 is 39.0. The molecule has 7 heteroatoms. The molecule has 0 spiro atoms. The second kappa shape index (κ2) is 6.13. The van der Waals surface area contributed by atoms with Crippen molar-refractivity contribution < 1.29 is 23.1 Å². The van der Waals surface area contributed by atoms with Gasteiger partial charge in [-0.25, -0.2) is 0 Å². The first kappa shape index (κ1) is 17.6. The fourth-order valence-electron chi connectivity index (χ4n) is 1.72. The van der Waals surface area contributed by atoms with E-state index in [0.717, 1.165) is 6.07 Å². The number of phenols is 1. The molecule has 0 unspecified atom stereocenters. The molecule has 21 heavy (non-hydrogen) atoms. The van der Waals surface area contributed by atoms with Crippen LogP contribution in [0.2, 0.25) is 0 Å². The first-order valence-electron chi connectivity index (χ1n) is 6.23. The molecular weight excluding hydrogens is 307 g/mol. The van der Waals surface area contributed by atoms with Crippen LogP contribution < -0.4 is 5.32 Å². The van der Waals surface area contributed by atoms with E-state index in [9.17, 15) is 23.1 Å². The van der Waals surface area contributed by atoms with E-state index in [1.807, 2.05) is 0 Å². The van der Waals surface area contributed by atoms with Gasteiger partial charge in [0.15, 0.2) is 0 Å². The average Bonchev–Trinajstić information content (AvgIpc) is 2.34. The van der Waals surface area contributed by atoms with Crippen molar-refractivity contribution in [1.82, 2.24) is 5.32 Å². The summed E-state index contributed by atoms with van der Waals surface area (Å²) in [5.41, 5.74) is -1.21. The molecule has 0 radical (unpaired) electrons. The maximum absolute atomic E-state index is 13.0. The zero-order chi connectivity index (χ0) is 16.4. The molecule has 0 aliphatic rings. The second-order valence-corrected chi connectivity index (χ2v) is 5.96. The fraction of sp³-hybridized carbons (Fsp3) is 0.500. The summed E-state index contributed by atoms with van der Waals surface area (Å²) in [6.07, 6.45) is -4.67. The standard InChI is InChI=1S/C14H17ClF3NO2/c1-13(2,3)9-4-8(7-19-11(20)6-15)12(21)10(5-9)14(16,17)18/h4-5,21H,6-7H2,1-3H3,(H,19,20). The molecule has 0 aromatic heterocycles. The maximum atomic E-state index is 13.0. The zero-order valence-corrected chi connectivity index (χ0v) is 12.7. The largest absolute Gasteiger partial charge is 0.507 e. The molecule has 0 bridgehead atoms. The Balaban J connectivity index is 3.32. The lowest BCUT2D eigenvalue weighted by molar-refractivity contribution is -0.138. The van der Waals surface area contributed by atoms with Crippen LogP contribution in [0.25, 0.3) is 0 Å². The van der Waals surface area contributed by atoms with Crippen molar-refractivity contribution in [3.63, 3.8) is 0 Å². The molecule has 0 saturated carbocycles. The topological polar surface area (TPSA) is 49.3 Å². The molecule has 0 heterocycles. The summed E-state index contributed by atoms with van der Waals surface area (Å²) in [5, 5.41) is 12.1. The molecule has 0 saturated heterocycles. The molecule has 3 nitrogen and oxygen atoms in total. The van der Waals surface area contributed by atoms with Crippen molar-refractivity contribution in [2.45, 2.75) is 38.9 Å². The normalized spacial score (nSPS) is 12.3. The highest BCUT2D eigenvalue weighted by Gasteiger charge is 2.36. The zero-order valence-electron chi connectivity index (χ0n) is 11.9. The Morgan fingerprint density at radius 3 is 2.29 bits per heavy atom. The van der Waals surface area contributed by atoms with Crippen LogP contribution in [0.3, 0.4) is 0 Å². The molecule has 1 aromatic carbocycles. The number of phenolic OH excluding ortho intramolecular Hbond substituents is 1. The molecule has 1 rings (SSSR count). The van der Waals surface area contributed by atoms with Crippen LogP contribution in [0.1, 0.15) is 37.5 Å². The van der Waals surface area contributed by atoms with Gasteiger partial charge in [-0.3, -0.25) is 4.79 Å². The molecule has 1 aromatic rings. The van der Waals surface area contributed by atoms with Gasteiger partial charge >= 0.3 is 6.18 Å². The number of amides is 1. The number of benzene rings is 1. The number of aromatic hydroxyl groups is 1. The van der Waals surface area contributed by atoms with Gasteiger partial charge in [0, 0.05) is 12.1 Å². The Kier molecular flexibility index (Phi) is 5.15. The Morgan fingerprint density at radius 2 is 1.86 bits per heavy atom. The predicted molar refractivity (Wildman–Crippen MR) is 74.4 cm³/mol. The van der Waals surface area contributed by atoms with Gasteiger partial charge in [-0.2, -0.15) is 13.2 Å². The third-order valence-corrected chi connectivity index (χ3v) is 3.20. The Hall–Kier alpha value is -1.43. The minimum atomic E-state index is -4.67. The highest BCUT2D eigenvalue weighted by atomic mass is 35.5. The third-order valence-electron chi connectivity index (χ3n) is 2.96. The van der Waals surface area contributed by atoms with E-state index >= 15 is 0 Å². The quantitative estimate of drug-likeness (QED) is 0.836. The van der Waals surface area contributed by atoms with Gasteiger partial charge in [-0.15, -0.1) is 11.6 Å². The number of carbonyl (C=O) groups excluding carboxylic acids is 1. The van der Waals surface area contributed by atoms with Crippen LogP contribution in [0, 0.1) is 0 Å². The lowest BCUT2D eigenvalue weighted by Gasteiger charge is -2.23. The van der Waals surface area contributed by atoms with Crippen LogP contribution in [0.4, 0.5) is 13.2 Å². The van der Waals surface area contributed by atoms with Crippen LogP contribution in [-0.4, -0.2) is 16.9 Å². The predicted octanol–water partition coefficient (Wildman–Crippen LogP) is 3.56. The van der Waals surface area contributed by atoms with Crippen molar-refractivity contribution in [1.29, 1.82) is 0 Å². The van der Waals surface area contributed by atoms with E-state index in [4.69, 9.17) is 11.6 Å². The molecular formula is C14H17ClF3NO2. The van der Waals surface area contributed by atoms with Crippen molar-refractivity contribution in [3.8, 4) is 5.75 Å². The number of hydrogen-bond acceptors (Lipinski definition) is 2. The number of alkyl halides is 4. The lowest BCUT2D eigenvalue weighted by atomic mass is 9.84. The SMILES string of the molecule is CC(C)(C)c1cc(CNC(=O)CCl)c(O)c(C(F)(F)F)c1. The molecule has 0 atom stereocenters. The van der Waals surface area contributed by atoms with Crippen molar-refractivity contribution in [3.05, 3.63) is 28.8 Å². The minimum Gasteiger partial charge on any atom is -0.507 e. The minimum absolute atomic E-state index is 0.00761. The fourth-order valence-corrected chi connectivity index (χ4v) is 1.81. The maximum Gasteiger partial charge on any atom is 0.419 e. The molecule has 2 N–H and O–H groups in total. The number of halogens is 4. The summed E-state index contributed by atoms with van der Waals surface area (Å²) in [5.74, 6) is -1.69. The number of nitrogens with one attached hydrogen (secondary N) is 1. The average molecular weight is 324 g/mol. The van der Waals surface area contributed by atoms with E-state index in [-0.39, 0.29) is 18.0 Å². The first-order chi connectivity index (χ1) is 9.46. The second-order valence-electron chi connectivity index (χ2n) is 5.69. The Morgan fingerprint density at radius 1 is 1.29 bits per heavy atom. The van der Waals surface area contributed by atoms with Crippen LogP contribution in [0.5, 0.6) is 5.75 Å². The van der Waals surface area contributed by atoms with E-state index < -0.39 is 28.8 Å². The van der Waals surface area contributed by atoms with Gasteiger partial charge in [0.1, 0.15) is 11.6 Å². The third kappa shape index (κ3) is 4.52. The lowest BCUT2D eigenvalue weighted by Crippen LogP contribution is -2.24. The van der Waals surface area contributed by atoms with E-state index in [2.05, 4.69) is 5.32 Å². The Bertz CT molecular complexity index is 536. The van der Waals surface area contributed by atoms with Crippen molar-refractivity contribution >= 4 is 17.5 Å². The summed E-state index contributed by atoms with van der Waals surface area (Å²) >= 11 is 5.31. The molecule has 1 amide bonds. The van der Waals surface area contributed by atoms with Gasteiger partial charge in [0.25, 0.3) is 0 Å². The highest BCUT2D eigenvalue weighted by Crippen LogP contribution is 2.40. The molecule has 118 valence electrons. The molecule has 0 aliphatic carbocycles. The monoisotopic (exact) mass is 323 g/mol. The summed E-state index contributed by atoms with van der Waals surface area (Å²) in [4.78, 5) is 11.1. The van der Waals surface area contributed by atoms with E-state index in [1.165, 1.54) is 6.07 Å². The molecule has 0 aliphatic heterocycles. The number of hydrogen-bond donors (Lipinski definition) is 2. The van der Waals surface area contributed by atoms with Gasteiger partial charge in [0.2, 0.25) is 5.91 Å². The van der Waals surface area contributed by atoms with Crippen molar-refractivity contribution in [2.75, 3.05) is 5.88 Å². The number of carbonyl (C=O) groups is 1. The van der Waals surface area contributed by atoms with Crippen LogP contribution >= 0.6 is 11.6 Å². The summed E-state index contributed by atoms with van der Waals surface area (Å²) in [6, 6.07) is 2.39. The smallest absolute Gasteiger partial charge is 0.419 e. The Labute approximate surface area is 126 Å².